The Hall–Kier alpha value is -3.50. The molecule has 0 aromatic heterocycles. The third-order valence-corrected chi connectivity index (χ3v) is 5.94. The topological polar surface area (TPSA) is 46.6 Å². The second kappa shape index (κ2) is 8.32. The second-order valence-electron chi connectivity index (χ2n) is 7.91. The largest absolute Gasteiger partial charge is 0.294 e. The molecule has 1 fully saturated rings. The number of ketones is 2. The van der Waals surface area contributed by atoms with Crippen LogP contribution in [0.5, 0.6) is 0 Å². The van der Waals surface area contributed by atoms with E-state index in [1.54, 1.807) is 0 Å². The maximum absolute atomic E-state index is 13.9. The van der Waals surface area contributed by atoms with Crippen LogP contribution in [0.2, 0.25) is 0 Å². The van der Waals surface area contributed by atoms with Crippen LogP contribution >= 0.6 is 0 Å². The predicted octanol–water partition coefficient (Wildman–Crippen LogP) is 5.48. The molecule has 3 aromatic carbocycles. The molecule has 31 heavy (non-hydrogen) atoms. The van der Waals surface area contributed by atoms with E-state index in [0.717, 1.165) is 24.1 Å². The van der Waals surface area contributed by atoms with Gasteiger partial charge in [-0.3, -0.25) is 14.4 Å². The highest BCUT2D eigenvalue weighted by atomic mass is 16.7. The molecule has 2 atom stereocenters. The molecule has 0 bridgehead atoms. The van der Waals surface area contributed by atoms with Gasteiger partial charge in [0.2, 0.25) is 0 Å². The number of hydrogen-bond acceptors (Lipinski definition) is 4. The fourth-order valence-corrected chi connectivity index (χ4v) is 4.51. The molecule has 1 aliphatic carbocycles. The summed E-state index contributed by atoms with van der Waals surface area (Å²) in [6.07, 6.45) is 1.52. The maximum Gasteiger partial charge on any atom is 0.192 e. The summed E-state index contributed by atoms with van der Waals surface area (Å²) in [6.45, 7) is 0. The number of hydroxylamine groups is 1. The van der Waals surface area contributed by atoms with Gasteiger partial charge in [-0.15, -0.1) is 0 Å². The Morgan fingerprint density at radius 2 is 1.45 bits per heavy atom. The first-order chi connectivity index (χ1) is 15.2. The average molecular weight is 409 g/mol. The summed E-state index contributed by atoms with van der Waals surface area (Å²) in [6, 6.07) is 28.3. The van der Waals surface area contributed by atoms with Crippen molar-refractivity contribution in [3.8, 4) is 0 Å². The lowest BCUT2D eigenvalue weighted by atomic mass is 9.79. The van der Waals surface area contributed by atoms with E-state index in [1.807, 2.05) is 96.1 Å². The van der Waals surface area contributed by atoms with Crippen LogP contribution in [0, 0.1) is 0 Å². The molecule has 4 nitrogen and oxygen atoms in total. The highest BCUT2D eigenvalue weighted by molar-refractivity contribution is 6.15. The van der Waals surface area contributed by atoms with E-state index in [-0.39, 0.29) is 11.6 Å². The molecule has 1 aliphatic heterocycles. The molecule has 2 aliphatic rings. The SMILES string of the molecule is O=C1CCC[C@H]2ON(c3ccccc3)[C@@H](c3ccccc3)C(C(=O)c3ccccc3)=C12. The second-order valence-corrected chi connectivity index (χ2v) is 7.91. The van der Waals surface area contributed by atoms with Crippen molar-refractivity contribution in [2.24, 2.45) is 0 Å². The van der Waals surface area contributed by atoms with E-state index < -0.39 is 12.1 Å². The van der Waals surface area contributed by atoms with Gasteiger partial charge < -0.3 is 0 Å². The number of benzene rings is 3. The summed E-state index contributed by atoms with van der Waals surface area (Å²) < 4.78 is 0. The lowest BCUT2D eigenvalue weighted by Crippen LogP contribution is -2.45. The number of Topliss-reactive ketones (excluding diaryl/α,β-unsaturated/α-hetero) is 2. The number of nitrogens with zero attached hydrogens (tertiary/aromatic N) is 1. The van der Waals surface area contributed by atoms with Crippen molar-refractivity contribution in [1.82, 2.24) is 0 Å². The minimum absolute atomic E-state index is 0.0178. The molecule has 4 heteroatoms. The maximum atomic E-state index is 13.9. The number of anilines is 1. The van der Waals surface area contributed by atoms with Crippen LogP contribution < -0.4 is 5.06 Å². The number of carbonyl (C=O) groups is 2. The van der Waals surface area contributed by atoms with Crippen LogP contribution in [0.4, 0.5) is 5.69 Å². The zero-order chi connectivity index (χ0) is 21.2. The van der Waals surface area contributed by atoms with Gasteiger partial charge in [-0.05, 0) is 30.5 Å². The first kappa shape index (κ1) is 19.5. The molecule has 0 N–H and O–H groups in total. The van der Waals surface area contributed by atoms with Gasteiger partial charge in [-0.2, -0.15) is 0 Å². The van der Waals surface area contributed by atoms with E-state index in [0.29, 0.717) is 23.1 Å². The number of hydrogen-bond donors (Lipinski definition) is 0. The third-order valence-electron chi connectivity index (χ3n) is 5.94. The Morgan fingerprint density at radius 3 is 2.13 bits per heavy atom. The van der Waals surface area contributed by atoms with E-state index in [4.69, 9.17) is 4.84 Å². The summed E-state index contributed by atoms with van der Waals surface area (Å²) in [5, 5.41) is 1.82. The van der Waals surface area contributed by atoms with Crippen molar-refractivity contribution in [1.29, 1.82) is 0 Å². The molecule has 0 spiro atoms. The molecule has 0 radical (unpaired) electrons. The van der Waals surface area contributed by atoms with Crippen molar-refractivity contribution < 1.29 is 14.4 Å². The van der Waals surface area contributed by atoms with Crippen molar-refractivity contribution >= 4 is 17.3 Å². The van der Waals surface area contributed by atoms with Gasteiger partial charge in [0.25, 0.3) is 0 Å². The zero-order valence-corrected chi connectivity index (χ0v) is 17.1. The Kier molecular flexibility index (Phi) is 5.23. The van der Waals surface area contributed by atoms with E-state index in [1.165, 1.54) is 0 Å². The van der Waals surface area contributed by atoms with Crippen molar-refractivity contribution in [2.45, 2.75) is 31.4 Å². The molecule has 1 heterocycles. The van der Waals surface area contributed by atoms with Crippen LogP contribution in [-0.2, 0) is 9.63 Å². The smallest absolute Gasteiger partial charge is 0.192 e. The van der Waals surface area contributed by atoms with Crippen molar-refractivity contribution in [3.63, 3.8) is 0 Å². The van der Waals surface area contributed by atoms with Gasteiger partial charge in [0.05, 0.1) is 5.69 Å². The number of para-hydroxylation sites is 1. The highest BCUT2D eigenvalue weighted by Crippen LogP contribution is 2.44. The molecule has 0 unspecified atom stereocenters. The Bertz CT molecular complexity index is 1120. The van der Waals surface area contributed by atoms with Crippen LogP contribution in [0.15, 0.2) is 102 Å². The predicted molar refractivity (Wildman–Crippen MR) is 120 cm³/mol. The standard InChI is InChI=1S/C27H23NO3/c29-22-17-10-18-23-24(22)25(27(30)20-13-6-2-7-14-20)26(19-11-4-1-5-12-19)28(31-23)21-15-8-3-9-16-21/h1-9,11-16,23,26H,10,17-18H2/t23-,26+/m1/s1. The van der Waals surface area contributed by atoms with Crippen LogP contribution in [0.3, 0.4) is 0 Å². The van der Waals surface area contributed by atoms with Gasteiger partial charge in [0, 0.05) is 23.1 Å². The summed E-state index contributed by atoms with van der Waals surface area (Å²) >= 11 is 0. The highest BCUT2D eigenvalue weighted by Gasteiger charge is 2.44. The molecular formula is C27H23NO3. The van der Waals surface area contributed by atoms with Crippen molar-refractivity contribution in [2.75, 3.05) is 5.06 Å². The average Bonchev–Trinajstić information content (AvgIpc) is 2.84. The molecule has 0 saturated heterocycles. The van der Waals surface area contributed by atoms with Gasteiger partial charge in [-0.1, -0.05) is 78.9 Å². The van der Waals surface area contributed by atoms with Crippen LogP contribution in [0.25, 0.3) is 0 Å². The lowest BCUT2D eigenvalue weighted by Gasteiger charge is -2.43. The summed E-state index contributed by atoms with van der Waals surface area (Å²) in [5.41, 5.74) is 3.42. The van der Waals surface area contributed by atoms with E-state index in [2.05, 4.69) is 0 Å². The van der Waals surface area contributed by atoms with Crippen molar-refractivity contribution in [3.05, 3.63) is 113 Å². The molecule has 1 saturated carbocycles. The van der Waals surface area contributed by atoms with E-state index in [9.17, 15) is 9.59 Å². The number of fused-ring (bicyclic) bond motifs is 1. The van der Waals surface area contributed by atoms with E-state index >= 15 is 0 Å². The third kappa shape index (κ3) is 3.60. The summed E-state index contributed by atoms with van der Waals surface area (Å²) in [5.74, 6) is -0.0990. The number of rotatable bonds is 4. The minimum Gasteiger partial charge on any atom is -0.294 e. The molecular weight excluding hydrogens is 386 g/mol. The number of carbonyl (C=O) groups excluding carboxylic acids is 2. The Balaban J connectivity index is 1.75. The first-order valence-corrected chi connectivity index (χ1v) is 10.7. The van der Waals surface area contributed by atoms with Gasteiger partial charge >= 0.3 is 0 Å². The Labute approximate surface area is 181 Å². The minimum atomic E-state index is -0.510. The van der Waals surface area contributed by atoms with Crippen LogP contribution in [0.1, 0.15) is 41.2 Å². The first-order valence-electron chi connectivity index (χ1n) is 10.7. The summed E-state index contributed by atoms with van der Waals surface area (Å²) in [7, 11) is 0. The van der Waals surface area contributed by atoms with Gasteiger partial charge in [0.1, 0.15) is 12.1 Å². The zero-order valence-electron chi connectivity index (χ0n) is 17.1. The molecule has 154 valence electrons. The van der Waals surface area contributed by atoms with Crippen LogP contribution in [-0.4, -0.2) is 17.7 Å². The quantitative estimate of drug-likeness (QED) is 0.535. The fraction of sp³-hybridized carbons (Fsp3) is 0.185. The molecule has 0 amide bonds. The molecule has 5 rings (SSSR count). The van der Waals surface area contributed by atoms with Gasteiger partial charge in [-0.25, -0.2) is 5.06 Å². The lowest BCUT2D eigenvalue weighted by molar-refractivity contribution is -0.119. The fourth-order valence-electron chi connectivity index (χ4n) is 4.51. The monoisotopic (exact) mass is 409 g/mol. The normalized spacial score (nSPS) is 21.0. The Morgan fingerprint density at radius 1 is 0.839 bits per heavy atom. The van der Waals surface area contributed by atoms with Gasteiger partial charge in [0.15, 0.2) is 11.6 Å². The molecule has 3 aromatic rings. The summed E-state index contributed by atoms with van der Waals surface area (Å²) in [4.78, 5) is 33.4.